The Morgan fingerprint density at radius 2 is 1.94 bits per heavy atom. The van der Waals surface area contributed by atoms with Gasteiger partial charge < -0.3 is 15.6 Å². The first-order valence-electron chi connectivity index (χ1n) is 6.13. The van der Waals surface area contributed by atoms with Crippen molar-refractivity contribution in [1.29, 1.82) is 0 Å². The second-order valence-electron chi connectivity index (χ2n) is 4.52. The fourth-order valence-electron chi connectivity index (χ4n) is 1.75. The monoisotopic (exact) mass is 251 g/mol. The molecule has 4 nitrogen and oxygen atoms in total. The first-order valence-corrected chi connectivity index (χ1v) is 6.13. The normalized spacial score (nSPS) is 15.8. The van der Waals surface area contributed by atoms with Crippen LogP contribution in [0.4, 0.5) is 0 Å². The maximum atomic E-state index is 11.3. The van der Waals surface area contributed by atoms with E-state index >= 15 is 0 Å². The molecule has 4 heteroatoms. The molecular weight excluding hydrogens is 230 g/mol. The number of nitrogens with two attached hydrogens (primary N) is 1. The van der Waals surface area contributed by atoms with Gasteiger partial charge in [-0.05, 0) is 23.6 Å². The third-order valence-corrected chi connectivity index (χ3v) is 3.31. The SMILES string of the molecule is CCC(C)[C@H](O)[C@H](N)c1ccc(C(=O)OC)cc1. The van der Waals surface area contributed by atoms with Crippen LogP contribution in [0, 0.1) is 5.92 Å². The van der Waals surface area contributed by atoms with Gasteiger partial charge in [-0.15, -0.1) is 0 Å². The lowest BCUT2D eigenvalue weighted by molar-refractivity contribution is 0.0600. The summed E-state index contributed by atoms with van der Waals surface area (Å²) in [4.78, 5) is 11.3. The Morgan fingerprint density at radius 1 is 1.39 bits per heavy atom. The molecule has 0 aliphatic rings. The summed E-state index contributed by atoms with van der Waals surface area (Å²) in [7, 11) is 1.34. The largest absolute Gasteiger partial charge is 0.465 e. The topological polar surface area (TPSA) is 72.5 Å². The molecular formula is C14H21NO3. The van der Waals surface area contributed by atoms with Crippen LogP contribution in [0.2, 0.25) is 0 Å². The number of hydrogen-bond acceptors (Lipinski definition) is 4. The number of aliphatic hydroxyl groups is 1. The lowest BCUT2D eigenvalue weighted by atomic mass is 9.91. The molecule has 0 saturated carbocycles. The number of carbonyl (C=O) groups excluding carboxylic acids is 1. The number of esters is 1. The van der Waals surface area contributed by atoms with E-state index < -0.39 is 12.1 Å². The minimum Gasteiger partial charge on any atom is -0.465 e. The van der Waals surface area contributed by atoms with E-state index in [1.165, 1.54) is 7.11 Å². The van der Waals surface area contributed by atoms with Gasteiger partial charge in [0, 0.05) is 0 Å². The van der Waals surface area contributed by atoms with Crippen molar-refractivity contribution in [3.8, 4) is 0 Å². The summed E-state index contributed by atoms with van der Waals surface area (Å²) >= 11 is 0. The minimum absolute atomic E-state index is 0.139. The Morgan fingerprint density at radius 3 is 2.39 bits per heavy atom. The molecule has 1 aromatic rings. The van der Waals surface area contributed by atoms with E-state index in [9.17, 15) is 9.90 Å². The maximum Gasteiger partial charge on any atom is 0.337 e. The zero-order valence-corrected chi connectivity index (χ0v) is 11.1. The number of rotatable bonds is 5. The van der Waals surface area contributed by atoms with Crippen LogP contribution in [0.1, 0.15) is 42.2 Å². The Hall–Kier alpha value is -1.39. The molecule has 1 unspecified atom stereocenters. The number of aliphatic hydroxyl groups excluding tert-OH is 1. The summed E-state index contributed by atoms with van der Waals surface area (Å²) in [5, 5.41) is 10.0. The van der Waals surface area contributed by atoms with Gasteiger partial charge in [-0.2, -0.15) is 0 Å². The zero-order chi connectivity index (χ0) is 13.7. The van der Waals surface area contributed by atoms with Gasteiger partial charge in [0.1, 0.15) is 0 Å². The molecule has 1 aromatic carbocycles. The van der Waals surface area contributed by atoms with Crippen molar-refractivity contribution in [1.82, 2.24) is 0 Å². The average Bonchev–Trinajstić information content (AvgIpc) is 2.44. The summed E-state index contributed by atoms with van der Waals surface area (Å²) in [6, 6.07) is 6.38. The van der Waals surface area contributed by atoms with Gasteiger partial charge in [-0.1, -0.05) is 32.4 Å². The Kier molecular flexibility index (Phi) is 5.31. The van der Waals surface area contributed by atoms with Crippen molar-refractivity contribution in [2.45, 2.75) is 32.4 Å². The second-order valence-corrected chi connectivity index (χ2v) is 4.52. The number of benzene rings is 1. The molecule has 1 rings (SSSR count). The fraction of sp³-hybridized carbons (Fsp3) is 0.500. The highest BCUT2D eigenvalue weighted by atomic mass is 16.5. The number of hydrogen-bond donors (Lipinski definition) is 2. The molecule has 0 bridgehead atoms. The van der Waals surface area contributed by atoms with E-state index in [2.05, 4.69) is 4.74 Å². The van der Waals surface area contributed by atoms with Crippen LogP contribution in [0.3, 0.4) is 0 Å². The van der Waals surface area contributed by atoms with Crippen LogP contribution in [0.5, 0.6) is 0 Å². The molecule has 0 heterocycles. The molecule has 0 aromatic heterocycles. The molecule has 3 N–H and O–H groups in total. The third kappa shape index (κ3) is 3.31. The summed E-state index contributed by atoms with van der Waals surface area (Å²) in [5.41, 5.74) is 7.30. The smallest absolute Gasteiger partial charge is 0.337 e. The van der Waals surface area contributed by atoms with Crippen molar-refractivity contribution in [3.05, 3.63) is 35.4 Å². The van der Waals surface area contributed by atoms with E-state index in [1.807, 2.05) is 13.8 Å². The summed E-state index contributed by atoms with van der Waals surface area (Å²) < 4.78 is 4.62. The molecule has 0 aliphatic carbocycles. The van der Waals surface area contributed by atoms with Crippen molar-refractivity contribution < 1.29 is 14.6 Å². The van der Waals surface area contributed by atoms with Crippen LogP contribution in [-0.2, 0) is 4.74 Å². The van der Waals surface area contributed by atoms with E-state index in [4.69, 9.17) is 5.73 Å². The van der Waals surface area contributed by atoms with E-state index in [0.29, 0.717) is 5.56 Å². The Labute approximate surface area is 108 Å². The van der Waals surface area contributed by atoms with E-state index in [-0.39, 0.29) is 11.9 Å². The summed E-state index contributed by atoms with van der Waals surface area (Å²) in [5.74, 6) is -0.238. The van der Waals surface area contributed by atoms with Gasteiger partial charge in [0.05, 0.1) is 24.8 Å². The summed E-state index contributed by atoms with van der Waals surface area (Å²) in [6.07, 6.45) is 0.286. The lowest BCUT2D eigenvalue weighted by Gasteiger charge is -2.24. The average molecular weight is 251 g/mol. The van der Waals surface area contributed by atoms with Crippen LogP contribution < -0.4 is 5.73 Å². The summed E-state index contributed by atoms with van der Waals surface area (Å²) in [6.45, 7) is 3.98. The highest BCUT2D eigenvalue weighted by Gasteiger charge is 2.21. The third-order valence-electron chi connectivity index (χ3n) is 3.31. The highest BCUT2D eigenvalue weighted by molar-refractivity contribution is 5.89. The van der Waals surface area contributed by atoms with Crippen molar-refractivity contribution >= 4 is 5.97 Å². The maximum absolute atomic E-state index is 11.3. The molecule has 0 fully saturated rings. The first-order chi connectivity index (χ1) is 8.51. The number of carbonyl (C=O) groups is 1. The Balaban J connectivity index is 2.81. The number of methoxy groups -OCH3 is 1. The highest BCUT2D eigenvalue weighted by Crippen LogP contribution is 2.22. The molecule has 0 aliphatic heterocycles. The number of ether oxygens (including phenoxy) is 1. The molecule has 0 spiro atoms. The second kappa shape index (κ2) is 6.52. The predicted molar refractivity (Wildman–Crippen MR) is 70.2 cm³/mol. The van der Waals surface area contributed by atoms with Gasteiger partial charge in [0.15, 0.2) is 0 Å². The molecule has 0 radical (unpaired) electrons. The van der Waals surface area contributed by atoms with Crippen LogP contribution in [0.15, 0.2) is 24.3 Å². The molecule has 0 saturated heterocycles. The van der Waals surface area contributed by atoms with E-state index in [1.54, 1.807) is 24.3 Å². The van der Waals surface area contributed by atoms with Crippen molar-refractivity contribution in [3.63, 3.8) is 0 Å². The van der Waals surface area contributed by atoms with Gasteiger partial charge in [0.25, 0.3) is 0 Å². The molecule has 18 heavy (non-hydrogen) atoms. The first kappa shape index (κ1) is 14.7. The predicted octanol–water partition coefficient (Wildman–Crippen LogP) is 1.88. The van der Waals surface area contributed by atoms with Crippen LogP contribution in [-0.4, -0.2) is 24.3 Å². The van der Waals surface area contributed by atoms with Gasteiger partial charge in [-0.25, -0.2) is 4.79 Å². The molecule has 100 valence electrons. The van der Waals surface area contributed by atoms with E-state index in [0.717, 1.165) is 12.0 Å². The quantitative estimate of drug-likeness (QED) is 0.784. The molecule has 0 amide bonds. The van der Waals surface area contributed by atoms with Gasteiger partial charge in [-0.3, -0.25) is 0 Å². The standard InChI is InChI=1S/C14H21NO3/c1-4-9(2)13(16)12(15)10-5-7-11(8-6-10)14(17)18-3/h5-9,12-13,16H,4,15H2,1-3H3/t9?,12-,13+/m1/s1. The lowest BCUT2D eigenvalue weighted by Crippen LogP contribution is -2.31. The van der Waals surface area contributed by atoms with Gasteiger partial charge >= 0.3 is 5.97 Å². The minimum atomic E-state index is -0.584. The zero-order valence-electron chi connectivity index (χ0n) is 11.1. The van der Waals surface area contributed by atoms with Crippen LogP contribution >= 0.6 is 0 Å². The Bertz CT molecular complexity index is 389. The van der Waals surface area contributed by atoms with Crippen molar-refractivity contribution in [2.24, 2.45) is 11.7 Å². The van der Waals surface area contributed by atoms with Crippen molar-refractivity contribution in [2.75, 3.05) is 7.11 Å². The van der Waals surface area contributed by atoms with Gasteiger partial charge in [0.2, 0.25) is 0 Å². The van der Waals surface area contributed by atoms with Crippen LogP contribution in [0.25, 0.3) is 0 Å². The fourth-order valence-corrected chi connectivity index (χ4v) is 1.75. The molecule has 3 atom stereocenters.